The number of carbonyl (C=O) groups is 1. The van der Waals surface area contributed by atoms with Gasteiger partial charge in [0, 0.05) is 12.2 Å². The first kappa shape index (κ1) is 16.7. The van der Waals surface area contributed by atoms with Crippen LogP contribution in [0.5, 0.6) is 0 Å². The van der Waals surface area contributed by atoms with Gasteiger partial charge in [0.05, 0.1) is 11.2 Å². The summed E-state index contributed by atoms with van der Waals surface area (Å²) in [5.74, 6) is 0.404. The molecule has 1 unspecified atom stereocenters. The van der Waals surface area contributed by atoms with Gasteiger partial charge in [0.1, 0.15) is 5.78 Å². The van der Waals surface area contributed by atoms with Crippen LogP contribution in [0.25, 0.3) is 0 Å². The number of carbonyl (C=O) groups excluding carboxylic acids is 1. The molecule has 1 fully saturated rings. The van der Waals surface area contributed by atoms with E-state index in [1.165, 1.54) is 12.8 Å². The number of hydrogen-bond acceptors (Lipinski definition) is 3. The highest BCUT2D eigenvalue weighted by Crippen LogP contribution is 2.42. The first-order valence-corrected chi connectivity index (χ1v) is 7.54. The summed E-state index contributed by atoms with van der Waals surface area (Å²) in [7, 11) is -0.245. The Morgan fingerprint density at radius 1 is 1.11 bits per heavy atom. The van der Waals surface area contributed by atoms with E-state index in [-0.39, 0.29) is 29.9 Å². The van der Waals surface area contributed by atoms with Crippen LogP contribution in [0.4, 0.5) is 0 Å². The van der Waals surface area contributed by atoms with Gasteiger partial charge in [0.25, 0.3) is 0 Å². The Hall–Kier alpha value is -0.345. The second-order valence-corrected chi connectivity index (χ2v) is 6.79. The number of rotatable bonds is 7. The van der Waals surface area contributed by atoms with Gasteiger partial charge in [-0.1, -0.05) is 32.6 Å². The standard InChI is InChI=1S/C15H29BO3/c1-7-8-9-10-13(11-12(2)17)16-18-14(3,4)15(5,6)19-16/h13H,7-11H2,1-6H3. The molecule has 19 heavy (non-hydrogen) atoms. The van der Waals surface area contributed by atoms with Crippen molar-refractivity contribution in [2.24, 2.45) is 0 Å². The minimum absolute atomic E-state index is 0.185. The van der Waals surface area contributed by atoms with Gasteiger partial charge in [0.15, 0.2) is 0 Å². The highest BCUT2D eigenvalue weighted by atomic mass is 16.7. The van der Waals surface area contributed by atoms with Crippen molar-refractivity contribution >= 4 is 12.9 Å². The zero-order valence-electron chi connectivity index (χ0n) is 13.4. The Bertz CT molecular complexity index is 297. The molecule has 0 saturated carbocycles. The largest absolute Gasteiger partial charge is 0.461 e. The van der Waals surface area contributed by atoms with Crippen molar-refractivity contribution in [2.45, 2.75) is 90.7 Å². The van der Waals surface area contributed by atoms with E-state index in [1.807, 2.05) is 0 Å². The molecule has 1 aliphatic heterocycles. The summed E-state index contributed by atoms with van der Waals surface area (Å²) in [6, 6.07) is 0. The smallest absolute Gasteiger partial charge is 0.403 e. The van der Waals surface area contributed by atoms with Crippen LogP contribution in [0.15, 0.2) is 0 Å². The second kappa shape index (κ2) is 6.40. The molecule has 1 aliphatic rings. The second-order valence-electron chi connectivity index (χ2n) is 6.79. The zero-order chi connectivity index (χ0) is 14.7. The van der Waals surface area contributed by atoms with Gasteiger partial charge in [-0.15, -0.1) is 0 Å². The molecule has 4 heteroatoms. The van der Waals surface area contributed by atoms with Crippen molar-refractivity contribution in [1.29, 1.82) is 0 Å². The summed E-state index contributed by atoms with van der Waals surface area (Å²) in [6.07, 6.45) is 5.09. The lowest BCUT2D eigenvalue weighted by molar-refractivity contribution is -0.117. The van der Waals surface area contributed by atoms with Gasteiger partial charge in [0.2, 0.25) is 0 Å². The SMILES string of the molecule is CCCCCC(CC(C)=O)B1OC(C)(C)C(C)(C)O1. The maximum absolute atomic E-state index is 11.5. The van der Waals surface area contributed by atoms with Gasteiger partial charge < -0.3 is 14.1 Å². The van der Waals surface area contributed by atoms with Crippen LogP contribution in [-0.4, -0.2) is 24.1 Å². The summed E-state index contributed by atoms with van der Waals surface area (Å²) in [6.45, 7) is 12.1. The number of unbranched alkanes of at least 4 members (excludes halogenated alkanes) is 2. The van der Waals surface area contributed by atoms with Crippen molar-refractivity contribution < 1.29 is 14.1 Å². The fourth-order valence-electron chi connectivity index (χ4n) is 2.44. The van der Waals surface area contributed by atoms with E-state index in [4.69, 9.17) is 9.31 Å². The van der Waals surface area contributed by atoms with Crippen molar-refractivity contribution in [3.63, 3.8) is 0 Å². The lowest BCUT2D eigenvalue weighted by Gasteiger charge is -2.32. The average Bonchev–Trinajstić information content (AvgIpc) is 2.46. The van der Waals surface area contributed by atoms with E-state index in [9.17, 15) is 4.79 Å². The third kappa shape index (κ3) is 4.32. The summed E-state index contributed by atoms with van der Waals surface area (Å²) in [5, 5.41) is 0. The Morgan fingerprint density at radius 3 is 2.05 bits per heavy atom. The van der Waals surface area contributed by atoms with Crippen LogP contribution in [-0.2, 0) is 14.1 Å². The molecular formula is C15H29BO3. The number of hydrogen-bond donors (Lipinski definition) is 0. The molecule has 0 aliphatic carbocycles. The first-order chi connectivity index (χ1) is 8.69. The zero-order valence-corrected chi connectivity index (χ0v) is 13.4. The van der Waals surface area contributed by atoms with Gasteiger partial charge in [-0.25, -0.2) is 0 Å². The third-order valence-electron chi connectivity index (χ3n) is 4.38. The Morgan fingerprint density at radius 2 is 1.63 bits per heavy atom. The summed E-state index contributed by atoms with van der Waals surface area (Å²) < 4.78 is 12.2. The van der Waals surface area contributed by atoms with Crippen LogP contribution < -0.4 is 0 Å². The van der Waals surface area contributed by atoms with Crippen molar-refractivity contribution in [3.05, 3.63) is 0 Å². The van der Waals surface area contributed by atoms with Crippen molar-refractivity contribution in [1.82, 2.24) is 0 Å². The van der Waals surface area contributed by atoms with Crippen LogP contribution in [0.3, 0.4) is 0 Å². The highest BCUT2D eigenvalue weighted by Gasteiger charge is 2.53. The normalized spacial score (nSPS) is 22.5. The van der Waals surface area contributed by atoms with Crippen LogP contribution in [0.2, 0.25) is 5.82 Å². The summed E-state index contributed by atoms with van der Waals surface area (Å²) >= 11 is 0. The van der Waals surface area contributed by atoms with Crippen LogP contribution in [0, 0.1) is 0 Å². The number of ketones is 1. The molecular weight excluding hydrogens is 239 g/mol. The lowest BCUT2D eigenvalue weighted by atomic mass is 9.67. The molecule has 0 N–H and O–H groups in total. The molecule has 0 bridgehead atoms. The lowest BCUT2D eigenvalue weighted by Crippen LogP contribution is -2.41. The molecule has 0 spiro atoms. The summed E-state index contributed by atoms with van der Waals surface area (Å²) in [4.78, 5) is 11.5. The van der Waals surface area contributed by atoms with E-state index >= 15 is 0 Å². The minimum atomic E-state index is -0.308. The Labute approximate surface area is 118 Å². The first-order valence-electron chi connectivity index (χ1n) is 7.54. The van der Waals surface area contributed by atoms with Gasteiger partial charge >= 0.3 is 7.12 Å². The van der Waals surface area contributed by atoms with Gasteiger partial charge in [-0.3, -0.25) is 0 Å². The molecule has 0 radical (unpaired) electrons. The Kier molecular flexibility index (Phi) is 5.63. The molecule has 1 rings (SSSR count). The molecule has 0 amide bonds. The molecule has 0 aromatic heterocycles. The molecule has 0 aromatic carbocycles. The fraction of sp³-hybridized carbons (Fsp3) is 0.933. The maximum Gasteiger partial charge on any atom is 0.461 e. The molecule has 1 atom stereocenters. The molecule has 0 aromatic rings. The quantitative estimate of drug-likeness (QED) is 0.517. The van der Waals surface area contributed by atoms with E-state index < -0.39 is 0 Å². The summed E-state index contributed by atoms with van der Waals surface area (Å²) in [5.41, 5.74) is -0.616. The molecule has 1 saturated heterocycles. The van der Waals surface area contributed by atoms with Gasteiger partial charge in [-0.2, -0.15) is 0 Å². The van der Waals surface area contributed by atoms with E-state index in [0.29, 0.717) is 6.42 Å². The van der Waals surface area contributed by atoms with Gasteiger partial charge in [-0.05, 0) is 34.6 Å². The Balaban J connectivity index is 2.68. The van der Waals surface area contributed by atoms with E-state index in [0.717, 1.165) is 12.8 Å². The monoisotopic (exact) mass is 268 g/mol. The maximum atomic E-state index is 11.5. The average molecular weight is 268 g/mol. The van der Waals surface area contributed by atoms with Crippen molar-refractivity contribution in [2.75, 3.05) is 0 Å². The third-order valence-corrected chi connectivity index (χ3v) is 4.38. The van der Waals surface area contributed by atoms with E-state index in [1.54, 1.807) is 6.92 Å². The molecule has 1 heterocycles. The molecule has 110 valence electrons. The topological polar surface area (TPSA) is 35.5 Å². The minimum Gasteiger partial charge on any atom is -0.403 e. The predicted octanol–water partition coefficient (Wildman–Crippen LogP) is 4.01. The van der Waals surface area contributed by atoms with Crippen LogP contribution in [0.1, 0.15) is 73.6 Å². The highest BCUT2D eigenvalue weighted by molar-refractivity contribution is 6.47. The van der Waals surface area contributed by atoms with Crippen LogP contribution >= 0.6 is 0 Å². The molecule has 3 nitrogen and oxygen atoms in total. The fourth-order valence-corrected chi connectivity index (χ4v) is 2.44. The van der Waals surface area contributed by atoms with E-state index in [2.05, 4.69) is 34.6 Å². The van der Waals surface area contributed by atoms with Crippen molar-refractivity contribution in [3.8, 4) is 0 Å². The number of Topliss-reactive ketones (excluding diaryl/α,β-unsaturated/α-hetero) is 1. The predicted molar refractivity (Wildman–Crippen MR) is 79.3 cm³/mol.